The van der Waals surface area contributed by atoms with E-state index in [2.05, 4.69) is 41.4 Å². The number of nitrogens with one attached hydrogen (secondary N) is 1. The summed E-state index contributed by atoms with van der Waals surface area (Å²) in [5.74, 6) is 0.0145. The van der Waals surface area contributed by atoms with E-state index in [0.717, 1.165) is 25.1 Å². The molecule has 0 saturated carbocycles. The summed E-state index contributed by atoms with van der Waals surface area (Å²) >= 11 is 0. The Balaban J connectivity index is 0.00000182. The average Bonchev–Trinajstić information content (AvgIpc) is 2.66. The number of fused-ring (bicyclic) bond motifs is 1. The lowest BCUT2D eigenvalue weighted by Gasteiger charge is -2.33. The van der Waals surface area contributed by atoms with Crippen LogP contribution < -0.4 is 11.1 Å². The lowest BCUT2D eigenvalue weighted by molar-refractivity contribution is -0.121. The molecule has 4 nitrogen and oxygen atoms in total. The highest BCUT2D eigenvalue weighted by Crippen LogP contribution is 2.20. The summed E-state index contributed by atoms with van der Waals surface area (Å²) in [6.45, 7) is 4.82. The fraction of sp³-hybridized carbons (Fsp3) is 0.381. The van der Waals surface area contributed by atoms with Gasteiger partial charge in [-0.1, -0.05) is 54.6 Å². The number of amides is 1. The van der Waals surface area contributed by atoms with Crippen LogP contribution in [0.25, 0.3) is 0 Å². The van der Waals surface area contributed by atoms with Crippen LogP contribution in [0.4, 0.5) is 0 Å². The van der Waals surface area contributed by atoms with E-state index in [1.54, 1.807) is 0 Å². The van der Waals surface area contributed by atoms with Crippen molar-refractivity contribution in [1.82, 2.24) is 10.2 Å². The Kier molecular flexibility index (Phi) is 9.81. The number of hydrogen-bond acceptors (Lipinski definition) is 3. The van der Waals surface area contributed by atoms with Gasteiger partial charge in [0.15, 0.2) is 0 Å². The Morgan fingerprint density at radius 2 is 1.70 bits per heavy atom. The second-order valence-electron chi connectivity index (χ2n) is 6.86. The molecule has 0 bridgehead atoms. The first-order chi connectivity index (χ1) is 12.1. The van der Waals surface area contributed by atoms with Crippen LogP contribution in [-0.2, 0) is 17.8 Å². The fourth-order valence-corrected chi connectivity index (χ4v) is 3.37. The van der Waals surface area contributed by atoms with Gasteiger partial charge in [-0.2, -0.15) is 0 Å². The predicted octanol–water partition coefficient (Wildman–Crippen LogP) is 3.48. The molecule has 3 N–H and O–H groups in total. The fourth-order valence-electron chi connectivity index (χ4n) is 3.37. The van der Waals surface area contributed by atoms with Gasteiger partial charge < -0.3 is 11.1 Å². The van der Waals surface area contributed by atoms with Crippen LogP contribution in [0.2, 0.25) is 0 Å². The molecule has 0 radical (unpaired) electrons. The molecule has 2 aromatic carbocycles. The maximum absolute atomic E-state index is 12.2. The highest BCUT2D eigenvalue weighted by atomic mass is 35.5. The third kappa shape index (κ3) is 6.51. The van der Waals surface area contributed by atoms with Crippen LogP contribution in [-0.4, -0.2) is 29.9 Å². The van der Waals surface area contributed by atoms with E-state index in [0.29, 0.717) is 19.0 Å². The lowest BCUT2D eigenvalue weighted by Crippen LogP contribution is -2.44. The normalized spacial score (nSPS) is 15.5. The van der Waals surface area contributed by atoms with E-state index in [1.807, 2.05) is 30.3 Å². The standard InChI is InChI=1S/C21H27N3O.2ClH/c1-16(24-12-11-17-7-5-6-10-19(17)15-24)14-23-21(25)13-20(22)18-8-3-2-4-9-18;;/h2-10,16,20H,11-15,22H2,1H3,(H,23,25);2*1H. The van der Waals surface area contributed by atoms with Gasteiger partial charge in [0, 0.05) is 38.1 Å². The minimum absolute atomic E-state index is 0. The number of nitrogens with zero attached hydrogens (tertiary/aromatic N) is 1. The lowest BCUT2D eigenvalue weighted by atomic mass is 9.99. The molecule has 148 valence electrons. The van der Waals surface area contributed by atoms with Crippen LogP contribution in [0.3, 0.4) is 0 Å². The molecule has 3 rings (SSSR count). The van der Waals surface area contributed by atoms with Gasteiger partial charge in [0.1, 0.15) is 0 Å². The summed E-state index contributed by atoms with van der Waals surface area (Å²) in [7, 11) is 0. The van der Waals surface area contributed by atoms with Gasteiger partial charge in [-0.25, -0.2) is 0 Å². The zero-order chi connectivity index (χ0) is 17.6. The minimum atomic E-state index is -0.252. The SMILES string of the molecule is CC(CNC(=O)CC(N)c1ccccc1)N1CCc2ccccc2C1.Cl.Cl. The minimum Gasteiger partial charge on any atom is -0.354 e. The van der Waals surface area contributed by atoms with Crippen LogP contribution in [0.1, 0.15) is 36.1 Å². The van der Waals surface area contributed by atoms with Gasteiger partial charge in [-0.05, 0) is 30.0 Å². The summed E-state index contributed by atoms with van der Waals surface area (Å²) in [5.41, 5.74) is 9.97. The zero-order valence-electron chi connectivity index (χ0n) is 15.6. The van der Waals surface area contributed by atoms with Gasteiger partial charge in [-0.3, -0.25) is 9.69 Å². The number of nitrogens with two attached hydrogens (primary N) is 1. The first-order valence-corrected chi connectivity index (χ1v) is 9.01. The van der Waals surface area contributed by atoms with Crippen LogP contribution in [0.15, 0.2) is 54.6 Å². The molecule has 2 atom stereocenters. The van der Waals surface area contributed by atoms with E-state index in [9.17, 15) is 4.79 Å². The third-order valence-corrected chi connectivity index (χ3v) is 5.01. The maximum atomic E-state index is 12.2. The largest absolute Gasteiger partial charge is 0.354 e. The van der Waals surface area contributed by atoms with E-state index in [1.165, 1.54) is 11.1 Å². The molecule has 2 unspecified atom stereocenters. The molecule has 0 aliphatic carbocycles. The summed E-state index contributed by atoms with van der Waals surface area (Å²) < 4.78 is 0. The first kappa shape index (κ1) is 23.4. The maximum Gasteiger partial charge on any atom is 0.221 e. The topological polar surface area (TPSA) is 58.4 Å². The van der Waals surface area contributed by atoms with Crippen LogP contribution >= 0.6 is 24.8 Å². The molecule has 6 heteroatoms. The van der Waals surface area contributed by atoms with E-state index < -0.39 is 0 Å². The summed E-state index contributed by atoms with van der Waals surface area (Å²) in [6, 6.07) is 18.5. The Bertz CT molecular complexity index is 712. The Morgan fingerprint density at radius 3 is 2.41 bits per heavy atom. The summed E-state index contributed by atoms with van der Waals surface area (Å²) in [5, 5.41) is 3.04. The number of hydrogen-bond donors (Lipinski definition) is 2. The van der Waals surface area contributed by atoms with E-state index >= 15 is 0 Å². The highest BCUT2D eigenvalue weighted by Gasteiger charge is 2.21. The average molecular weight is 410 g/mol. The van der Waals surface area contributed by atoms with E-state index in [4.69, 9.17) is 5.73 Å². The van der Waals surface area contributed by atoms with E-state index in [-0.39, 0.29) is 36.8 Å². The molecule has 0 spiro atoms. The van der Waals surface area contributed by atoms with Crippen molar-refractivity contribution in [2.24, 2.45) is 5.73 Å². The van der Waals surface area contributed by atoms with Crippen molar-refractivity contribution in [2.75, 3.05) is 13.1 Å². The molecule has 1 amide bonds. The Morgan fingerprint density at radius 1 is 1.07 bits per heavy atom. The Labute approximate surface area is 174 Å². The van der Waals surface area contributed by atoms with Crippen molar-refractivity contribution in [1.29, 1.82) is 0 Å². The number of carbonyl (C=O) groups is 1. The van der Waals surface area contributed by atoms with Crippen molar-refractivity contribution in [3.8, 4) is 0 Å². The number of benzene rings is 2. The smallest absolute Gasteiger partial charge is 0.221 e. The first-order valence-electron chi connectivity index (χ1n) is 9.01. The summed E-state index contributed by atoms with van der Waals surface area (Å²) in [4.78, 5) is 14.6. The summed E-state index contributed by atoms with van der Waals surface area (Å²) in [6.07, 6.45) is 1.40. The van der Waals surface area contributed by atoms with Crippen molar-refractivity contribution < 1.29 is 4.79 Å². The van der Waals surface area contributed by atoms with Gasteiger partial charge in [-0.15, -0.1) is 24.8 Å². The second-order valence-corrected chi connectivity index (χ2v) is 6.86. The highest BCUT2D eigenvalue weighted by molar-refractivity contribution is 5.85. The number of carbonyl (C=O) groups excluding carboxylic acids is 1. The quantitative estimate of drug-likeness (QED) is 0.767. The van der Waals surface area contributed by atoms with Gasteiger partial charge >= 0.3 is 0 Å². The molecule has 0 fully saturated rings. The van der Waals surface area contributed by atoms with Gasteiger partial charge in [0.05, 0.1) is 0 Å². The Hall–Kier alpha value is -1.59. The predicted molar refractivity (Wildman–Crippen MR) is 116 cm³/mol. The molecular formula is C21H29Cl2N3O. The zero-order valence-corrected chi connectivity index (χ0v) is 17.3. The van der Waals surface area contributed by atoms with Crippen molar-refractivity contribution in [3.63, 3.8) is 0 Å². The van der Waals surface area contributed by atoms with Crippen molar-refractivity contribution in [2.45, 2.75) is 38.4 Å². The molecule has 0 saturated heterocycles. The molecular weight excluding hydrogens is 381 g/mol. The molecule has 27 heavy (non-hydrogen) atoms. The van der Waals surface area contributed by atoms with Crippen molar-refractivity contribution in [3.05, 3.63) is 71.3 Å². The van der Waals surface area contributed by atoms with Gasteiger partial charge in [0.2, 0.25) is 5.91 Å². The second kappa shape index (κ2) is 11.3. The van der Waals surface area contributed by atoms with Crippen molar-refractivity contribution >= 4 is 30.7 Å². The molecule has 1 aliphatic rings. The molecule has 2 aromatic rings. The molecule has 1 heterocycles. The monoisotopic (exact) mass is 409 g/mol. The van der Waals surface area contributed by atoms with Gasteiger partial charge in [0.25, 0.3) is 0 Å². The third-order valence-electron chi connectivity index (χ3n) is 5.01. The molecule has 1 aliphatic heterocycles. The van der Waals surface area contributed by atoms with Crippen LogP contribution in [0.5, 0.6) is 0 Å². The number of rotatable bonds is 6. The molecule has 0 aromatic heterocycles. The van der Waals surface area contributed by atoms with Crippen LogP contribution in [0, 0.1) is 0 Å². The number of halogens is 2.